The predicted molar refractivity (Wildman–Crippen MR) is 78.4 cm³/mol. The summed E-state index contributed by atoms with van der Waals surface area (Å²) in [7, 11) is 1.93. The van der Waals surface area contributed by atoms with Gasteiger partial charge in [-0.05, 0) is 38.1 Å². The second-order valence-corrected chi connectivity index (χ2v) is 4.89. The molecule has 0 saturated carbocycles. The maximum Gasteiger partial charge on any atom is 0.250 e. The number of benzene rings is 1. The number of likely N-dealkylation sites (N-methyl/N-ethyl adjacent to an activating group) is 1. The molecule has 2 aromatic rings. The molecule has 1 N–H and O–H groups in total. The van der Waals surface area contributed by atoms with E-state index in [2.05, 4.69) is 37.4 Å². The highest BCUT2D eigenvalue weighted by atomic mass is 16.1. The fourth-order valence-corrected chi connectivity index (χ4v) is 2.37. The fraction of sp³-hybridized carbons (Fsp3) is 0.312. The SMILES string of the molecule is CNC(Cn1ccccc1=O)c1ccc(C)cc1C. The Morgan fingerprint density at radius 2 is 2.00 bits per heavy atom. The van der Waals surface area contributed by atoms with Crippen LogP contribution in [0.3, 0.4) is 0 Å². The summed E-state index contributed by atoms with van der Waals surface area (Å²) in [6, 6.07) is 11.8. The van der Waals surface area contributed by atoms with Gasteiger partial charge in [0.15, 0.2) is 0 Å². The van der Waals surface area contributed by atoms with Crippen LogP contribution in [0.25, 0.3) is 0 Å². The van der Waals surface area contributed by atoms with Crippen LogP contribution < -0.4 is 10.9 Å². The minimum absolute atomic E-state index is 0.0347. The van der Waals surface area contributed by atoms with Crippen molar-refractivity contribution in [1.29, 1.82) is 0 Å². The van der Waals surface area contributed by atoms with Crippen molar-refractivity contribution in [2.45, 2.75) is 26.4 Å². The van der Waals surface area contributed by atoms with Gasteiger partial charge in [-0.3, -0.25) is 4.79 Å². The molecule has 0 spiro atoms. The second kappa shape index (κ2) is 5.85. The minimum atomic E-state index is 0.0347. The van der Waals surface area contributed by atoms with Crippen LogP contribution in [-0.2, 0) is 6.54 Å². The van der Waals surface area contributed by atoms with E-state index in [1.54, 1.807) is 16.7 Å². The monoisotopic (exact) mass is 256 g/mol. The Hall–Kier alpha value is -1.87. The molecule has 0 fully saturated rings. The number of aryl methyl sites for hydroxylation is 2. The Bertz CT molecular complexity index is 616. The molecule has 1 atom stereocenters. The number of nitrogens with zero attached hydrogens (tertiary/aromatic N) is 1. The normalized spacial score (nSPS) is 12.4. The molecule has 0 bridgehead atoms. The molecule has 1 aromatic carbocycles. The first kappa shape index (κ1) is 13.6. The molecule has 0 aliphatic heterocycles. The van der Waals surface area contributed by atoms with Crippen molar-refractivity contribution in [2.24, 2.45) is 0 Å². The first-order valence-corrected chi connectivity index (χ1v) is 6.51. The van der Waals surface area contributed by atoms with Crippen LogP contribution in [0.2, 0.25) is 0 Å². The molecule has 0 saturated heterocycles. The standard InChI is InChI=1S/C16H20N2O/c1-12-7-8-14(13(2)10-12)15(17-3)11-18-9-5-4-6-16(18)19/h4-10,15,17H,11H2,1-3H3. The Labute approximate surface area is 113 Å². The third kappa shape index (κ3) is 3.12. The van der Waals surface area contributed by atoms with Gasteiger partial charge in [-0.1, -0.05) is 29.8 Å². The van der Waals surface area contributed by atoms with E-state index in [1.807, 2.05) is 19.3 Å². The van der Waals surface area contributed by atoms with E-state index in [1.165, 1.54) is 16.7 Å². The van der Waals surface area contributed by atoms with Crippen molar-refractivity contribution in [2.75, 3.05) is 7.05 Å². The van der Waals surface area contributed by atoms with Gasteiger partial charge in [0.2, 0.25) is 0 Å². The van der Waals surface area contributed by atoms with Gasteiger partial charge in [0.1, 0.15) is 0 Å². The summed E-state index contributed by atoms with van der Waals surface area (Å²) in [6.45, 7) is 4.84. The van der Waals surface area contributed by atoms with Crippen LogP contribution in [0.15, 0.2) is 47.4 Å². The number of hydrogen-bond acceptors (Lipinski definition) is 2. The molecule has 0 amide bonds. The first-order chi connectivity index (χ1) is 9.11. The molecular weight excluding hydrogens is 236 g/mol. The van der Waals surface area contributed by atoms with E-state index in [0.29, 0.717) is 6.54 Å². The molecule has 1 heterocycles. The van der Waals surface area contributed by atoms with Crippen LogP contribution in [0, 0.1) is 13.8 Å². The average Bonchev–Trinajstić information content (AvgIpc) is 2.39. The van der Waals surface area contributed by atoms with E-state index in [4.69, 9.17) is 0 Å². The van der Waals surface area contributed by atoms with Crippen LogP contribution in [0.4, 0.5) is 0 Å². The average molecular weight is 256 g/mol. The van der Waals surface area contributed by atoms with Gasteiger partial charge in [0.05, 0.1) is 6.04 Å². The zero-order valence-electron chi connectivity index (χ0n) is 11.7. The zero-order valence-corrected chi connectivity index (χ0v) is 11.7. The highest BCUT2D eigenvalue weighted by Gasteiger charge is 2.12. The molecule has 3 nitrogen and oxygen atoms in total. The van der Waals surface area contributed by atoms with E-state index < -0.39 is 0 Å². The Balaban J connectivity index is 2.30. The van der Waals surface area contributed by atoms with Crippen molar-refractivity contribution in [1.82, 2.24) is 9.88 Å². The van der Waals surface area contributed by atoms with Gasteiger partial charge < -0.3 is 9.88 Å². The van der Waals surface area contributed by atoms with Crippen LogP contribution in [-0.4, -0.2) is 11.6 Å². The second-order valence-electron chi connectivity index (χ2n) is 4.89. The van der Waals surface area contributed by atoms with Gasteiger partial charge in [0, 0.05) is 18.8 Å². The molecule has 3 heteroatoms. The number of aromatic nitrogens is 1. The quantitative estimate of drug-likeness (QED) is 0.911. The van der Waals surface area contributed by atoms with Gasteiger partial charge in [-0.2, -0.15) is 0 Å². The Kier molecular flexibility index (Phi) is 4.17. The minimum Gasteiger partial charge on any atom is -0.314 e. The van der Waals surface area contributed by atoms with E-state index in [9.17, 15) is 4.79 Å². The number of pyridine rings is 1. The van der Waals surface area contributed by atoms with Crippen molar-refractivity contribution < 1.29 is 0 Å². The lowest BCUT2D eigenvalue weighted by Crippen LogP contribution is -2.28. The Morgan fingerprint density at radius 1 is 1.21 bits per heavy atom. The summed E-state index contributed by atoms with van der Waals surface area (Å²) in [5.74, 6) is 0. The summed E-state index contributed by atoms with van der Waals surface area (Å²) >= 11 is 0. The van der Waals surface area contributed by atoms with Gasteiger partial charge in [-0.25, -0.2) is 0 Å². The van der Waals surface area contributed by atoms with E-state index in [0.717, 1.165) is 0 Å². The fourth-order valence-electron chi connectivity index (χ4n) is 2.37. The van der Waals surface area contributed by atoms with Crippen LogP contribution >= 0.6 is 0 Å². The third-order valence-corrected chi connectivity index (χ3v) is 3.43. The van der Waals surface area contributed by atoms with E-state index >= 15 is 0 Å². The van der Waals surface area contributed by atoms with Gasteiger partial charge in [-0.15, -0.1) is 0 Å². The summed E-state index contributed by atoms with van der Waals surface area (Å²) < 4.78 is 1.74. The van der Waals surface area contributed by atoms with Crippen LogP contribution in [0.1, 0.15) is 22.7 Å². The van der Waals surface area contributed by atoms with Crippen molar-refractivity contribution in [3.05, 3.63) is 69.6 Å². The van der Waals surface area contributed by atoms with Crippen LogP contribution in [0.5, 0.6) is 0 Å². The summed E-state index contributed by atoms with van der Waals surface area (Å²) in [4.78, 5) is 11.8. The molecule has 19 heavy (non-hydrogen) atoms. The largest absolute Gasteiger partial charge is 0.314 e. The molecule has 1 unspecified atom stereocenters. The predicted octanol–water partition coefficient (Wildman–Crippen LogP) is 2.43. The van der Waals surface area contributed by atoms with Gasteiger partial charge in [0.25, 0.3) is 5.56 Å². The molecule has 0 aliphatic carbocycles. The number of rotatable bonds is 4. The molecule has 0 radical (unpaired) electrons. The van der Waals surface area contributed by atoms with Crippen molar-refractivity contribution in [3.63, 3.8) is 0 Å². The highest BCUT2D eigenvalue weighted by molar-refractivity contribution is 5.32. The summed E-state index contributed by atoms with van der Waals surface area (Å²) in [6.07, 6.45) is 1.83. The maximum absolute atomic E-state index is 11.8. The summed E-state index contributed by atoms with van der Waals surface area (Å²) in [5.41, 5.74) is 3.78. The lowest BCUT2D eigenvalue weighted by atomic mass is 9.99. The number of nitrogens with one attached hydrogen (secondary N) is 1. The van der Waals surface area contributed by atoms with Crippen molar-refractivity contribution >= 4 is 0 Å². The Morgan fingerprint density at radius 3 is 2.63 bits per heavy atom. The summed E-state index contributed by atoms with van der Waals surface area (Å²) in [5, 5.41) is 3.29. The molecular formula is C16H20N2O. The highest BCUT2D eigenvalue weighted by Crippen LogP contribution is 2.19. The first-order valence-electron chi connectivity index (χ1n) is 6.51. The lowest BCUT2D eigenvalue weighted by molar-refractivity contribution is 0.489. The third-order valence-electron chi connectivity index (χ3n) is 3.43. The van der Waals surface area contributed by atoms with E-state index in [-0.39, 0.29) is 11.6 Å². The smallest absolute Gasteiger partial charge is 0.250 e. The molecule has 2 rings (SSSR count). The molecule has 1 aromatic heterocycles. The maximum atomic E-state index is 11.8. The van der Waals surface area contributed by atoms with Crippen molar-refractivity contribution in [3.8, 4) is 0 Å². The molecule has 0 aliphatic rings. The topological polar surface area (TPSA) is 34.0 Å². The zero-order chi connectivity index (χ0) is 13.8. The lowest BCUT2D eigenvalue weighted by Gasteiger charge is -2.20. The number of hydrogen-bond donors (Lipinski definition) is 1. The van der Waals surface area contributed by atoms with Gasteiger partial charge >= 0.3 is 0 Å². The molecule has 100 valence electrons.